The molecular weight excluding hydrogens is 1260 g/mol. The first-order chi connectivity index (χ1) is 46.8. The summed E-state index contributed by atoms with van der Waals surface area (Å²) in [5.41, 5.74) is 3.10. The number of carboxylic acids is 1. The normalized spacial score (nSPS) is 33.8. The lowest BCUT2D eigenvalue weighted by atomic mass is 9.78. The Balaban J connectivity index is 0.960. The first-order valence-electron chi connectivity index (χ1n) is 35.0. The number of esters is 1. The van der Waals surface area contributed by atoms with E-state index in [0.29, 0.717) is 102 Å². The van der Waals surface area contributed by atoms with Crippen molar-refractivity contribution in [1.82, 2.24) is 35.1 Å². The Hall–Kier alpha value is -7.07. The molecule has 3 saturated heterocycles. The van der Waals surface area contributed by atoms with Crippen LogP contribution in [-0.4, -0.2) is 221 Å². The van der Waals surface area contributed by atoms with Crippen LogP contribution in [0.3, 0.4) is 0 Å². The van der Waals surface area contributed by atoms with Gasteiger partial charge in [0, 0.05) is 122 Å². The number of carbonyl (C=O) groups excluding carboxylic acids is 6. The van der Waals surface area contributed by atoms with Crippen LogP contribution in [0.2, 0.25) is 0 Å². The lowest BCUT2D eigenvalue weighted by Gasteiger charge is -2.43. The van der Waals surface area contributed by atoms with Gasteiger partial charge < -0.3 is 73.4 Å². The van der Waals surface area contributed by atoms with Gasteiger partial charge in [0.2, 0.25) is 17.7 Å². The second kappa shape index (κ2) is 35.3. The third kappa shape index (κ3) is 18.9. The second-order valence-electron chi connectivity index (χ2n) is 27.8. The van der Waals surface area contributed by atoms with E-state index in [1.165, 1.54) is 24.4 Å². The van der Waals surface area contributed by atoms with E-state index in [-0.39, 0.29) is 80.0 Å². The molecule has 4 N–H and O–H groups in total. The van der Waals surface area contributed by atoms with Crippen molar-refractivity contribution in [2.45, 2.75) is 212 Å². The van der Waals surface area contributed by atoms with Crippen LogP contribution in [-0.2, 0) is 70.1 Å². The largest absolute Gasteiger partial charge is 0.480 e. The highest BCUT2D eigenvalue weighted by molar-refractivity contribution is 6.39. The van der Waals surface area contributed by atoms with Crippen LogP contribution < -0.4 is 15.1 Å². The maximum atomic E-state index is 15.0. The lowest BCUT2D eigenvalue weighted by Crippen LogP contribution is -2.61. The van der Waals surface area contributed by atoms with Gasteiger partial charge in [0.1, 0.15) is 36.5 Å². The molecule has 26 nitrogen and oxygen atoms in total. The van der Waals surface area contributed by atoms with Crippen LogP contribution in [0.15, 0.2) is 66.2 Å². The summed E-state index contributed by atoms with van der Waals surface area (Å²) in [7, 11) is 6.14. The minimum Gasteiger partial charge on any atom is -0.480 e. The van der Waals surface area contributed by atoms with Crippen molar-refractivity contribution >= 4 is 53.3 Å². The Labute approximate surface area is 576 Å². The van der Waals surface area contributed by atoms with Crippen LogP contribution >= 0.6 is 0 Å². The molecule has 0 aromatic carbocycles. The van der Waals surface area contributed by atoms with E-state index in [1.807, 2.05) is 71.1 Å². The Morgan fingerprint density at radius 2 is 1.52 bits per heavy atom. The summed E-state index contributed by atoms with van der Waals surface area (Å²) in [5, 5.41) is 37.0. The highest BCUT2D eigenvalue weighted by Crippen LogP contribution is 2.39. The number of carboxylic acid groups (broad SMARTS) is 1. The van der Waals surface area contributed by atoms with Gasteiger partial charge in [-0.05, 0) is 114 Å². The van der Waals surface area contributed by atoms with Gasteiger partial charge in [-0.1, -0.05) is 71.1 Å². The highest BCUT2D eigenvalue weighted by Gasteiger charge is 2.53. The van der Waals surface area contributed by atoms with Crippen molar-refractivity contribution < 1.29 is 82.0 Å². The quantitative estimate of drug-likeness (QED) is 0.0896. The van der Waals surface area contributed by atoms with E-state index < -0.39 is 114 Å². The topological polar surface area (TPSA) is 321 Å². The van der Waals surface area contributed by atoms with Crippen molar-refractivity contribution in [3.05, 3.63) is 83.0 Å². The number of aliphatic hydroxyl groups is 2. The van der Waals surface area contributed by atoms with E-state index in [2.05, 4.69) is 20.3 Å². The molecule has 5 aliphatic heterocycles. The molecule has 4 fully saturated rings. The molecule has 98 heavy (non-hydrogen) atoms. The molecule has 2 bridgehead atoms. The number of fused-ring (bicyclic) bond motifs is 4. The Kier molecular flexibility index (Phi) is 27.6. The minimum absolute atomic E-state index is 0.00483. The Morgan fingerprint density at radius 1 is 0.786 bits per heavy atom. The molecule has 6 aliphatic rings. The van der Waals surface area contributed by atoms with Crippen molar-refractivity contribution in [2.75, 3.05) is 77.5 Å². The summed E-state index contributed by atoms with van der Waals surface area (Å²) < 4.78 is 43.0. The second-order valence-corrected chi connectivity index (χ2v) is 27.8. The number of hydrogen-bond donors (Lipinski definition) is 4. The molecule has 2 aromatic heterocycles. The summed E-state index contributed by atoms with van der Waals surface area (Å²) in [6, 6.07) is -2.18. The van der Waals surface area contributed by atoms with Crippen LogP contribution in [0.25, 0.3) is 0 Å². The van der Waals surface area contributed by atoms with E-state index >= 15 is 0 Å². The number of aromatic nitrogens is 4. The average molecular weight is 1370 g/mol. The van der Waals surface area contributed by atoms with E-state index in [9.17, 15) is 48.9 Å². The zero-order valence-electron chi connectivity index (χ0n) is 59.2. The van der Waals surface area contributed by atoms with Gasteiger partial charge in [-0.25, -0.2) is 34.3 Å². The van der Waals surface area contributed by atoms with Crippen molar-refractivity contribution in [3.8, 4) is 0 Å². The number of methoxy groups -OCH3 is 4. The molecule has 1 saturated carbocycles. The fraction of sp³-hybridized carbons (Fsp3) is 0.681. The minimum atomic E-state index is -2.46. The van der Waals surface area contributed by atoms with Crippen LogP contribution in [0, 0.1) is 35.5 Å². The molecule has 3 amide bonds. The van der Waals surface area contributed by atoms with Gasteiger partial charge in [-0.2, -0.15) is 0 Å². The number of cyclic esters (lactones) is 1. The molecule has 0 unspecified atom stereocenters. The maximum absolute atomic E-state index is 15.0. The zero-order valence-corrected chi connectivity index (χ0v) is 59.2. The molecular formula is C72H105N9O17. The highest BCUT2D eigenvalue weighted by atomic mass is 16.6. The molecule has 17 atom stereocenters. The first-order valence-corrected chi connectivity index (χ1v) is 35.0. The third-order valence-electron chi connectivity index (χ3n) is 20.8. The number of piperazine rings is 1. The summed E-state index contributed by atoms with van der Waals surface area (Å²) in [6.45, 7) is 16.6. The summed E-state index contributed by atoms with van der Waals surface area (Å²) in [6.07, 6.45) is 15.2. The predicted octanol–water partition coefficient (Wildman–Crippen LogP) is 6.94. The number of allylic oxidation sites excluding steroid dienone is 5. The van der Waals surface area contributed by atoms with Gasteiger partial charge in [-0.15, -0.1) is 0 Å². The molecule has 0 spiro atoms. The fourth-order valence-electron chi connectivity index (χ4n) is 14.8. The molecule has 540 valence electrons. The summed E-state index contributed by atoms with van der Waals surface area (Å²) in [4.78, 5) is 121. The van der Waals surface area contributed by atoms with Gasteiger partial charge in [0.15, 0.2) is 5.78 Å². The van der Waals surface area contributed by atoms with Crippen molar-refractivity contribution in [3.63, 3.8) is 0 Å². The first kappa shape index (κ1) is 76.7. The van der Waals surface area contributed by atoms with Gasteiger partial charge in [0.25, 0.3) is 17.6 Å². The summed E-state index contributed by atoms with van der Waals surface area (Å²) >= 11 is 0. The number of ketones is 2. The molecule has 2 aromatic rings. The van der Waals surface area contributed by atoms with Gasteiger partial charge >= 0.3 is 18.0 Å². The molecule has 26 heteroatoms. The number of aliphatic carboxylic acids is 1. The van der Waals surface area contributed by atoms with Crippen molar-refractivity contribution in [1.29, 1.82) is 0 Å². The predicted molar refractivity (Wildman–Crippen MR) is 362 cm³/mol. The van der Waals surface area contributed by atoms with Crippen molar-refractivity contribution in [2.24, 2.45) is 35.5 Å². The number of aliphatic hydroxyl groups excluding tert-OH is 1. The molecule has 1 aliphatic carbocycles. The number of hydrogen-bond acceptors (Lipinski definition) is 22. The van der Waals surface area contributed by atoms with E-state index in [4.69, 9.17) is 38.1 Å². The number of rotatable bonds is 13. The number of nitrogens with one attached hydrogen (secondary N) is 1. The average Bonchev–Trinajstić information content (AvgIpc) is 0.784. The van der Waals surface area contributed by atoms with E-state index in [1.54, 1.807) is 63.0 Å². The zero-order chi connectivity index (χ0) is 71.1. The smallest absolute Gasteiger partial charge is 0.410 e. The fourth-order valence-corrected chi connectivity index (χ4v) is 14.8. The van der Waals surface area contributed by atoms with Gasteiger partial charge in [0.05, 0.1) is 48.8 Å². The number of piperidine rings is 1. The summed E-state index contributed by atoms with van der Waals surface area (Å²) in [5.74, 6) is -8.30. The Morgan fingerprint density at radius 3 is 2.21 bits per heavy atom. The molecule has 8 rings (SSSR count). The van der Waals surface area contributed by atoms with Crippen LogP contribution in [0.4, 0.5) is 16.7 Å². The lowest BCUT2D eigenvalue weighted by molar-refractivity contribution is -0.265. The van der Waals surface area contributed by atoms with E-state index in [0.717, 1.165) is 16.8 Å². The SMILES string of the molecule is CCNC(=O)c1cnc(N2CCN(c3ncc4c(n3)CCN(C(=O)O[C@@H]3CC[C@@H](C[C@@H](C)[C@@H]5C[C@@H](OC)[C@H](C)/C=C(\C)[C@@H](O)[C@@H](OC)C(=O)[C@H](C)C[C@H](C)/C=C/C=C/C=C(\C)[C@@H](OC)C[C@@H]6CC[C@@H](C)[C@@](O)(O6)C(=O)C(=O)N6CCCC[C@H]6C(=O)O5)C[C@H]3OC)C4)C[C@@H]2C(=O)O)nc1. The number of amides is 3. The molecule has 0 radical (unpaired) electrons. The third-order valence-corrected chi connectivity index (χ3v) is 20.8. The molecule has 7 heterocycles. The number of carbonyl (C=O) groups is 7. The van der Waals surface area contributed by atoms with Gasteiger partial charge in [-0.3, -0.25) is 19.2 Å². The number of Topliss-reactive ketones (excluding diaryl/α,β-unsaturated/α-hetero) is 2. The van der Waals surface area contributed by atoms with Crippen LogP contribution in [0.1, 0.15) is 154 Å². The number of anilines is 2. The number of nitrogens with zero attached hydrogens (tertiary/aromatic N) is 8. The van der Waals surface area contributed by atoms with Crippen LogP contribution in [0.5, 0.6) is 0 Å². The monoisotopic (exact) mass is 1370 g/mol. The number of ether oxygens (including phenoxy) is 7. The standard InChI is InChI=1S/C72H105N9O17/c1-13-73-65(85)50-37-74-69(75-38-50)81-30-29-78(41-55(81)67(87)88)70-76-39-51-40-79(28-26-53(51)77-70)71(90)97-56-25-23-49(34-60(56)94-11)33-45(5)59-36-58(93-10)44(4)32-47(7)62(83)63(95-12)61(82)46(6)31-42(2)19-15-14-16-20-43(3)57(92-9)35-52-24-22-48(8)72(91,98-52)64(84)66(86)80-27-18-17-21-54(80)68(89)96-59/h14-16,19-20,32,37-39,42,44-46,48-49,52,54-60,62-63,83,91H,13,17-18,21-31,33-36,40-41H2,1-12H3,(H,73,85)(H,87,88)/b16-14+,19-15+,43-20+,47-32+/t42-,44-,45-,46-,48-,49+,52+,54+,55-,56-,57+,58-,59+,60-,62-,63+,72-/m1/s1. The maximum Gasteiger partial charge on any atom is 0.410 e. The Bertz CT molecular complexity index is 3220.